The molecule has 1 aromatic heterocycles. The predicted molar refractivity (Wildman–Crippen MR) is 66.5 cm³/mol. The van der Waals surface area contributed by atoms with Crippen molar-refractivity contribution in [3.05, 3.63) is 47.3 Å². The van der Waals surface area contributed by atoms with Crippen LogP contribution < -0.4 is 5.32 Å². The van der Waals surface area contributed by atoms with E-state index in [1.807, 2.05) is 24.0 Å². The molecule has 0 spiro atoms. The number of hydrogen-bond acceptors (Lipinski definition) is 2. The van der Waals surface area contributed by atoms with Crippen molar-refractivity contribution in [2.24, 2.45) is 7.05 Å². The van der Waals surface area contributed by atoms with Gasteiger partial charge in [0.25, 0.3) is 0 Å². The van der Waals surface area contributed by atoms with Gasteiger partial charge in [-0.2, -0.15) is 5.10 Å². The van der Waals surface area contributed by atoms with Crippen LogP contribution in [0.1, 0.15) is 16.8 Å². The fourth-order valence-corrected chi connectivity index (χ4v) is 1.76. The zero-order valence-corrected chi connectivity index (χ0v) is 9.99. The molecule has 1 aromatic carbocycles. The normalized spacial score (nSPS) is 10.4. The van der Waals surface area contributed by atoms with Gasteiger partial charge in [0.1, 0.15) is 0 Å². The van der Waals surface area contributed by atoms with E-state index in [0.717, 1.165) is 12.2 Å². The van der Waals surface area contributed by atoms with Gasteiger partial charge >= 0.3 is 0 Å². The molecule has 0 aliphatic carbocycles. The van der Waals surface area contributed by atoms with E-state index in [0.29, 0.717) is 0 Å². The van der Waals surface area contributed by atoms with Crippen molar-refractivity contribution in [1.82, 2.24) is 9.78 Å². The van der Waals surface area contributed by atoms with E-state index < -0.39 is 0 Å². The summed E-state index contributed by atoms with van der Waals surface area (Å²) in [5.74, 6) is 0. The van der Waals surface area contributed by atoms with Crippen LogP contribution >= 0.6 is 0 Å². The third-order valence-electron chi connectivity index (χ3n) is 2.61. The predicted octanol–water partition coefficient (Wildman–Crippen LogP) is 2.65. The summed E-state index contributed by atoms with van der Waals surface area (Å²) in [6.45, 7) is 4.99. The van der Waals surface area contributed by atoms with Crippen LogP contribution in [0.4, 0.5) is 5.69 Å². The first-order valence-electron chi connectivity index (χ1n) is 5.45. The van der Waals surface area contributed by atoms with Crippen molar-refractivity contribution in [3.63, 3.8) is 0 Å². The molecule has 2 rings (SSSR count). The standard InChI is InChI=1S/C13H17N3/c1-10-4-5-13(11(2)8-10)14-9-12-6-7-16(3)15-12/h4-8,14H,9H2,1-3H3. The number of benzene rings is 1. The van der Waals surface area contributed by atoms with E-state index in [9.17, 15) is 0 Å². The fraction of sp³-hybridized carbons (Fsp3) is 0.308. The molecule has 0 amide bonds. The first-order chi connectivity index (χ1) is 7.65. The second kappa shape index (κ2) is 4.39. The Bertz CT molecular complexity index is 486. The molecule has 0 saturated carbocycles. The molecule has 0 atom stereocenters. The Morgan fingerprint density at radius 2 is 2.06 bits per heavy atom. The van der Waals surface area contributed by atoms with Crippen molar-refractivity contribution < 1.29 is 0 Å². The van der Waals surface area contributed by atoms with Gasteiger partial charge in [0.2, 0.25) is 0 Å². The highest BCUT2D eigenvalue weighted by Crippen LogP contribution is 2.16. The van der Waals surface area contributed by atoms with Gasteiger partial charge < -0.3 is 5.32 Å². The second-order valence-electron chi connectivity index (χ2n) is 4.15. The lowest BCUT2D eigenvalue weighted by Crippen LogP contribution is -2.02. The molecule has 0 saturated heterocycles. The number of anilines is 1. The zero-order valence-electron chi connectivity index (χ0n) is 9.99. The second-order valence-corrected chi connectivity index (χ2v) is 4.15. The van der Waals surface area contributed by atoms with E-state index in [-0.39, 0.29) is 0 Å². The van der Waals surface area contributed by atoms with Gasteiger partial charge in [-0.1, -0.05) is 17.7 Å². The molecule has 2 aromatic rings. The smallest absolute Gasteiger partial charge is 0.0815 e. The van der Waals surface area contributed by atoms with E-state index in [1.54, 1.807) is 0 Å². The van der Waals surface area contributed by atoms with E-state index >= 15 is 0 Å². The van der Waals surface area contributed by atoms with Crippen LogP contribution in [-0.2, 0) is 13.6 Å². The first kappa shape index (κ1) is 10.7. The largest absolute Gasteiger partial charge is 0.379 e. The summed E-state index contributed by atoms with van der Waals surface area (Å²) in [4.78, 5) is 0. The summed E-state index contributed by atoms with van der Waals surface area (Å²) in [7, 11) is 1.93. The molecule has 0 radical (unpaired) electrons. The molecule has 0 unspecified atom stereocenters. The molecular weight excluding hydrogens is 198 g/mol. The first-order valence-corrected chi connectivity index (χ1v) is 5.45. The van der Waals surface area contributed by atoms with Gasteiger partial charge in [-0.15, -0.1) is 0 Å². The van der Waals surface area contributed by atoms with Crippen molar-refractivity contribution in [2.75, 3.05) is 5.32 Å². The average molecular weight is 215 g/mol. The summed E-state index contributed by atoms with van der Waals surface area (Å²) in [5, 5.41) is 7.72. The quantitative estimate of drug-likeness (QED) is 0.853. The molecule has 3 heteroatoms. The third kappa shape index (κ3) is 2.42. The molecule has 0 bridgehead atoms. The van der Waals surface area contributed by atoms with Crippen LogP contribution in [0.3, 0.4) is 0 Å². The fourth-order valence-electron chi connectivity index (χ4n) is 1.76. The number of rotatable bonds is 3. The van der Waals surface area contributed by atoms with Crippen molar-refractivity contribution in [1.29, 1.82) is 0 Å². The van der Waals surface area contributed by atoms with Gasteiger partial charge in [0, 0.05) is 18.9 Å². The molecule has 1 N–H and O–H groups in total. The van der Waals surface area contributed by atoms with E-state index in [2.05, 4.69) is 42.5 Å². The lowest BCUT2D eigenvalue weighted by molar-refractivity contribution is 0.747. The van der Waals surface area contributed by atoms with Gasteiger partial charge in [0.15, 0.2) is 0 Å². The Morgan fingerprint density at radius 3 is 2.69 bits per heavy atom. The van der Waals surface area contributed by atoms with Gasteiger partial charge in [-0.05, 0) is 31.5 Å². The minimum absolute atomic E-state index is 0.769. The Balaban J connectivity index is 2.04. The monoisotopic (exact) mass is 215 g/mol. The number of aromatic nitrogens is 2. The van der Waals surface area contributed by atoms with Crippen LogP contribution in [-0.4, -0.2) is 9.78 Å². The molecule has 0 aliphatic heterocycles. The van der Waals surface area contributed by atoms with Crippen molar-refractivity contribution in [3.8, 4) is 0 Å². The summed E-state index contributed by atoms with van der Waals surface area (Å²) in [6.07, 6.45) is 1.96. The van der Waals surface area contributed by atoms with Crippen molar-refractivity contribution >= 4 is 5.69 Å². The molecular formula is C13H17N3. The van der Waals surface area contributed by atoms with Gasteiger partial charge in [-0.3, -0.25) is 4.68 Å². The summed E-state index contributed by atoms with van der Waals surface area (Å²) in [6, 6.07) is 8.44. The molecule has 0 fully saturated rings. The maximum atomic E-state index is 4.33. The Hall–Kier alpha value is -1.77. The van der Waals surface area contributed by atoms with Crippen LogP contribution in [0.25, 0.3) is 0 Å². The Kier molecular flexibility index (Phi) is 2.95. The molecule has 3 nitrogen and oxygen atoms in total. The van der Waals surface area contributed by atoms with E-state index in [4.69, 9.17) is 0 Å². The van der Waals surface area contributed by atoms with E-state index in [1.165, 1.54) is 16.8 Å². The SMILES string of the molecule is Cc1ccc(NCc2ccn(C)n2)c(C)c1. The highest BCUT2D eigenvalue weighted by atomic mass is 15.3. The number of nitrogens with zero attached hydrogens (tertiary/aromatic N) is 2. The summed E-state index contributed by atoms with van der Waals surface area (Å²) >= 11 is 0. The van der Waals surface area contributed by atoms with Crippen LogP contribution in [0, 0.1) is 13.8 Å². The third-order valence-corrected chi connectivity index (χ3v) is 2.61. The molecule has 84 valence electrons. The minimum Gasteiger partial charge on any atom is -0.379 e. The highest BCUT2D eigenvalue weighted by molar-refractivity contribution is 5.51. The van der Waals surface area contributed by atoms with Crippen LogP contribution in [0.15, 0.2) is 30.5 Å². The van der Waals surface area contributed by atoms with Crippen LogP contribution in [0.2, 0.25) is 0 Å². The van der Waals surface area contributed by atoms with Crippen molar-refractivity contribution in [2.45, 2.75) is 20.4 Å². The lowest BCUT2D eigenvalue weighted by atomic mass is 10.1. The Labute approximate surface area is 96.1 Å². The average Bonchev–Trinajstić information content (AvgIpc) is 2.63. The van der Waals surface area contributed by atoms with Gasteiger partial charge in [0.05, 0.1) is 12.2 Å². The maximum absolute atomic E-state index is 4.33. The lowest BCUT2D eigenvalue weighted by Gasteiger charge is -2.08. The highest BCUT2D eigenvalue weighted by Gasteiger charge is 2.00. The summed E-state index contributed by atoms with van der Waals surface area (Å²) < 4.78 is 1.82. The molecule has 1 heterocycles. The number of nitrogens with one attached hydrogen (secondary N) is 1. The van der Waals surface area contributed by atoms with Gasteiger partial charge in [-0.25, -0.2) is 0 Å². The van der Waals surface area contributed by atoms with Crippen LogP contribution in [0.5, 0.6) is 0 Å². The number of hydrogen-bond donors (Lipinski definition) is 1. The number of aryl methyl sites for hydroxylation is 3. The zero-order chi connectivity index (χ0) is 11.5. The molecule has 16 heavy (non-hydrogen) atoms. The molecule has 0 aliphatic rings. The minimum atomic E-state index is 0.769. The Morgan fingerprint density at radius 1 is 1.25 bits per heavy atom. The maximum Gasteiger partial charge on any atom is 0.0815 e. The topological polar surface area (TPSA) is 29.9 Å². The summed E-state index contributed by atoms with van der Waals surface area (Å²) in [5.41, 5.74) is 4.80.